The lowest BCUT2D eigenvalue weighted by atomic mass is 10.1. The number of nitrogens with zero attached hydrogens (tertiary/aromatic N) is 8. The van der Waals surface area contributed by atoms with Gasteiger partial charge in [-0.2, -0.15) is 0 Å². The maximum atomic E-state index is 6.79. The number of rotatable bonds is 8. The molecule has 0 amide bonds. The van der Waals surface area contributed by atoms with E-state index < -0.39 is 0 Å². The summed E-state index contributed by atoms with van der Waals surface area (Å²) in [6.45, 7) is 0. The number of hydrogen-bond donors (Lipinski definition) is 0. The lowest BCUT2D eigenvalue weighted by Crippen LogP contribution is -1.99. The van der Waals surface area contributed by atoms with Crippen molar-refractivity contribution in [1.29, 1.82) is 0 Å². The van der Waals surface area contributed by atoms with Gasteiger partial charge in [0, 0.05) is 74.7 Å². The van der Waals surface area contributed by atoms with Gasteiger partial charge < -0.3 is 9.47 Å². The van der Waals surface area contributed by atoms with Crippen molar-refractivity contribution in [3.63, 3.8) is 0 Å². The van der Waals surface area contributed by atoms with Crippen LogP contribution in [0, 0.1) is 0 Å². The molecule has 0 aliphatic rings. The van der Waals surface area contributed by atoms with Crippen LogP contribution in [-0.4, -0.2) is 38.6 Å². The summed E-state index contributed by atoms with van der Waals surface area (Å²) in [4.78, 5) is 24.1. The van der Waals surface area contributed by atoms with E-state index >= 15 is 0 Å². The number of fused-ring (bicyclic) bond motifs is 9. The predicted molar refractivity (Wildman–Crippen MR) is 257 cm³/mol. The van der Waals surface area contributed by atoms with Crippen molar-refractivity contribution in [1.82, 2.24) is 38.6 Å². The van der Waals surface area contributed by atoms with Crippen molar-refractivity contribution in [2.75, 3.05) is 0 Å². The van der Waals surface area contributed by atoms with Gasteiger partial charge in [0.05, 0.1) is 45.7 Å². The zero-order valence-electron chi connectivity index (χ0n) is 34.5. The van der Waals surface area contributed by atoms with Crippen LogP contribution in [0.1, 0.15) is 0 Å². The molecule has 13 aromatic rings. The molecule has 6 aromatic carbocycles. The van der Waals surface area contributed by atoms with Crippen molar-refractivity contribution >= 4 is 65.5 Å². The van der Waals surface area contributed by atoms with Crippen molar-refractivity contribution in [3.8, 4) is 51.7 Å². The molecule has 0 saturated heterocycles. The van der Waals surface area contributed by atoms with Gasteiger partial charge in [-0.25, -0.2) is 24.9 Å². The summed E-state index contributed by atoms with van der Waals surface area (Å²) in [7, 11) is 0. The monoisotopic (exact) mass is 838 g/mol. The molecule has 7 aromatic heterocycles. The highest BCUT2D eigenvalue weighted by atomic mass is 16.5. The minimum absolute atomic E-state index is 0.509. The molecule has 10 nitrogen and oxygen atoms in total. The third-order valence-electron chi connectivity index (χ3n) is 12.0. The Kier molecular flexibility index (Phi) is 8.28. The fraction of sp³-hybridized carbons (Fsp3) is 0. The van der Waals surface area contributed by atoms with E-state index in [9.17, 15) is 0 Å². The summed E-state index contributed by atoms with van der Waals surface area (Å²) in [5, 5.41) is 6.64. The van der Waals surface area contributed by atoms with E-state index in [1.807, 2.05) is 116 Å². The largest absolute Gasteiger partial charge is 0.457 e. The van der Waals surface area contributed by atoms with Crippen LogP contribution in [0.2, 0.25) is 0 Å². The van der Waals surface area contributed by atoms with Gasteiger partial charge in [0.1, 0.15) is 40.3 Å². The number of aromatic nitrogens is 8. The summed E-state index contributed by atoms with van der Waals surface area (Å²) in [5.41, 5.74) is 7.47. The Bertz CT molecular complexity index is 3720. The van der Waals surface area contributed by atoms with E-state index in [-0.39, 0.29) is 0 Å². The predicted octanol–water partition coefficient (Wildman–Crippen LogP) is 13.2. The summed E-state index contributed by atoms with van der Waals surface area (Å²) >= 11 is 0. The average molecular weight is 839 g/mol. The third kappa shape index (κ3) is 6.07. The van der Waals surface area contributed by atoms with E-state index in [1.165, 1.54) is 0 Å². The van der Waals surface area contributed by atoms with Gasteiger partial charge in [-0.05, 0) is 91.0 Å². The van der Waals surface area contributed by atoms with Crippen molar-refractivity contribution in [3.05, 3.63) is 207 Å². The summed E-state index contributed by atoms with van der Waals surface area (Å²) in [6, 6.07) is 59.1. The van der Waals surface area contributed by atoms with Gasteiger partial charge in [0.25, 0.3) is 0 Å². The first-order valence-corrected chi connectivity index (χ1v) is 21.3. The van der Waals surface area contributed by atoms with Crippen LogP contribution < -0.4 is 9.47 Å². The molecule has 0 radical (unpaired) electrons. The highest BCUT2D eigenvalue weighted by Gasteiger charge is 2.18. The van der Waals surface area contributed by atoms with Gasteiger partial charge in [-0.15, -0.1) is 0 Å². The van der Waals surface area contributed by atoms with Crippen LogP contribution in [-0.2, 0) is 0 Å². The molecular formula is C55H34N8O2. The Morgan fingerprint density at radius 3 is 1.32 bits per heavy atom. The molecule has 0 fully saturated rings. The van der Waals surface area contributed by atoms with E-state index in [0.717, 1.165) is 88.4 Å². The van der Waals surface area contributed by atoms with E-state index in [4.69, 9.17) is 34.4 Å². The standard InChI is InChI=1S/C55H34N8O2/c1-5-17-48-41(12-1)44-23-21-37(31-50(44)62(48)52-19-7-9-25-56-52)64-39-28-35(54-59-33-36(34-60-54)61-47-16-4-3-14-43(47)46-15-11-27-58-55(46)61)29-40(30-39)65-38-22-24-45-42-13-2-6-18-49(42)63(51(45)32-38)53-20-8-10-26-57-53/h1-34H. The molecule has 0 unspecified atom stereocenters. The molecule has 0 saturated carbocycles. The van der Waals surface area contributed by atoms with Crippen LogP contribution in [0.15, 0.2) is 207 Å². The molecule has 10 heteroatoms. The summed E-state index contributed by atoms with van der Waals surface area (Å²) < 4.78 is 20.0. The van der Waals surface area contributed by atoms with Gasteiger partial charge in [0.2, 0.25) is 0 Å². The van der Waals surface area contributed by atoms with Crippen LogP contribution in [0.4, 0.5) is 0 Å². The van der Waals surface area contributed by atoms with E-state index in [2.05, 4.69) is 105 Å². The Balaban J connectivity index is 0.933. The van der Waals surface area contributed by atoms with Crippen LogP contribution >= 0.6 is 0 Å². The summed E-state index contributed by atoms with van der Waals surface area (Å²) in [6.07, 6.45) is 9.12. The number of hydrogen-bond acceptors (Lipinski definition) is 7. The Morgan fingerprint density at radius 2 is 0.785 bits per heavy atom. The Labute approximate surface area is 370 Å². The van der Waals surface area contributed by atoms with Crippen molar-refractivity contribution in [2.24, 2.45) is 0 Å². The second-order valence-electron chi connectivity index (χ2n) is 15.8. The number of benzene rings is 6. The smallest absolute Gasteiger partial charge is 0.159 e. The van der Waals surface area contributed by atoms with Gasteiger partial charge >= 0.3 is 0 Å². The fourth-order valence-electron chi connectivity index (χ4n) is 9.23. The first-order valence-electron chi connectivity index (χ1n) is 21.3. The zero-order chi connectivity index (χ0) is 42.8. The molecular weight excluding hydrogens is 805 g/mol. The molecule has 0 N–H and O–H groups in total. The normalized spacial score (nSPS) is 11.7. The number of pyridine rings is 3. The molecule has 65 heavy (non-hydrogen) atoms. The van der Waals surface area contributed by atoms with Crippen LogP contribution in [0.3, 0.4) is 0 Å². The first kappa shape index (κ1) is 36.5. The lowest BCUT2D eigenvalue weighted by molar-refractivity contribution is 0.461. The highest BCUT2D eigenvalue weighted by molar-refractivity contribution is 6.11. The topological polar surface area (TPSA) is 97.7 Å². The van der Waals surface area contributed by atoms with Gasteiger partial charge in [0.15, 0.2) is 5.82 Å². The lowest BCUT2D eigenvalue weighted by Gasteiger charge is -2.13. The second kappa shape index (κ2) is 14.7. The van der Waals surface area contributed by atoms with Gasteiger partial charge in [-0.3, -0.25) is 13.7 Å². The summed E-state index contributed by atoms with van der Waals surface area (Å²) in [5.74, 6) is 4.57. The molecule has 0 spiro atoms. The Hall–Kier alpha value is -9.15. The third-order valence-corrected chi connectivity index (χ3v) is 12.0. The van der Waals surface area contributed by atoms with Gasteiger partial charge in [-0.1, -0.05) is 66.7 Å². The van der Waals surface area contributed by atoms with Crippen molar-refractivity contribution < 1.29 is 9.47 Å². The van der Waals surface area contributed by atoms with Crippen LogP contribution in [0.25, 0.3) is 94.3 Å². The molecule has 306 valence electrons. The number of ether oxygens (including phenoxy) is 2. The average Bonchev–Trinajstić information content (AvgIpc) is 4.00. The minimum atomic E-state index is 0.509. The minimum Gasteiger partial charge on any atom is -0.457 e. The van der Waals surface area contributed by atoms with Crippen molar-refractivity contribution in [2.45, 2.75) is 0 Å². The SMILES string of the molecule is c1ccc(-n2c3ccccc3c3ccc(Oc4cc(Oc5ccc6c7ccccc7n(-c7ccccn7)c6c5)cc(-c5ncc(-n6c7ccccc7c7cccnc76)cn5)c4)cc32)nc1. The Morgan fingerprint density at radius 1 is 0.323 bits per heavy atom. The molecule has 0 bridgehead atoms. The zero-order valence-corrected chi connectivity index (χ0v) is 34.5. The molecule has 0 atom stereocenters. The van der Waals surface area contributed by atoms with Crippen LogP contribution in [0.5, 0.6) is 23.0 Å². The quantitative estimate of drug-likeness (QED) is 0.150. The molecule has 0 aliphatic carbocycles. The number of para-hydroxylation sites is 3. The maximum absolute atomic E-state index is 6.79. The van der Waals surface area contributed by atoms with E-state index in [1.54, 1.807) is 0 Å². The maximum Gasteiger partial charge on any atom is 0.159 e. The molecule has 7 heterocycles. The first-order chi connectivity index (χ1) is 32.2. The second-order valence-corrected chi connectivity index (χ2v) is 15.8. The van der Waals surface area contributed by atoms with E-state index in [0.29, 0.717) is 28.8 Å². The highest BCUT2D eigenvalue weighted by Crippen LogP contribution is 2.40. The molecule has 13 rings (SSSR count). The fourth-order valence-corrected chi connectivity index (χ4v) is 9.23. The molecule has 0 aliphatic heterocycles.